The summed E-state index contributed by atoms with van der Waals surface area (Å²) in [4.78, 5) is 13.0. The monoisotopic (exact) mass is 531 g/mol. The maximum Gasteiger partial charge on any atom is 0.191 e. The largest absolute Gasteiger partial charge is 0.357 e. The first-order valence-corrected chi connectivity index (χ1v) is 10.8. The molecule has 2 heterocycles. The quantitative estimate of drug-likeness (QED) is 0.333. The lowest BCUT2D eigenvalue weighted by Gasteiger charge is -2.33. The summed E-state index contributed by atoms with van der Waals surface area (Å²) >= 11 is 1.72. The molecule has 0 aliphatic carbocycles. The lowest BCUT2D eigenvalue weighted by atomic mass is 10.0. The van der Waals surface area contributed by atoms with Crippen molar-refractivity contribution in [3.8, 4) is 0 Å². The van der Waals surface area contributed by atoms with E-state index in [-0.39, 0.29) is 29.8 Å². The maximum absolute atomic E-state index is 13.1. The van der Waals surface area contributed by atoms with E-state index in [1.54, 1.807) is 11.3 Å². The second-order valence-corrected chi connectivity index (χ2v) is 8.55. The van der Waals surface area contributed by atoms with Crippen LogP contribution in [0.3, 0.4) is 0 Å². The Hall–Kier alpha value is -1.26. The summed E-state index contributed by atoms with van der Waals surface area (Å²) in [5.74, 6) is 0.690. The Morgan fingerprint density at radius 3 is 2.52 bits per heavy atom. The number of nitrogens with zero attached hydrogens (tertiary/aromatic N) is 3. The molecule has 0 saturated carbocycles. The van der Waals surface area contributed by atoms with E-state index in [0.717, 1.165) is 61.2 Å². The Morgan fingerprint density at radius 2 is 1.93 bits per heavy atom. The van der Waals surface area contributed by atoms with Crippen molar-refractivity contribution in [3.63, 3.8) is 0 Å². The molecule has 0 bridgehead atoms. The molecule has 2 aromatic rings. The summed E-state index contributed by atoms with van der Waals surface area (Å²) in [6, 6.07) is 7.24. The molecule has 1 aliphatic rings. The van der Waals surface area contributed by atoms with E-state index in [1.165, 1.54) is 17.0 Å². The fourth-order valence-corrected chi connectivity index (χ4v) is 4.21. The van der Waals surface area contributed by atoms with Gasteiger partial charge in [0.15, 0.2) is 5.96 Å². The summed E-state index contributed by atoms with van der Waals surface area (Å²) in [5.41, 5.74) is 2.26. The second kappa shape index (κ2) is 11.8. The smallest absolute Gasteiger partial charge is 0.191 e. The highest BCUT2D eigenvalue weighted by atomic mass is 127. The number of hydrogen-bond acceptors (Lipinski definition) is 4. The Labute approximate surface area is 194 Å². The normalized spacial score (nSPS) is 15.8. The standard InChI is InChI=1S/C21H30FN5S.HI/c1-4-23-21(24-13-20-25-15(2)16(3)28-20)26-19-9-11-27(12-10-19)14-17-5-7-18(22)8-6-17;/h5-8,19H,4,9-14H2,1-3H3,(H2,23,24,26);1H. The fourth-order valence-electron chi connectivity index (χ4n) is 3.35. The Bertz CT molecular complexity index is 765. The zero-order valence-electron chi connectivity index (χ0n) is 17.4. The van der Waals surface area contributed by atoms with Crippen molar-refractivity contribution in [2.45, 2.75) is 52.7 Å². The molecule has 5 nitrogen and oxygen atoms in total. The molecule has 0 radical (unpaired) electrons. The van der Waals surface area contributed by atoms with E-state index in [0.29, 0.717) is 12.6 Å². The molecule has 1 aromatic carbocycles. The van der Waals surface area contributed by atoms with Crippen molar-refractivity contribution in [1.82, 2.24) is 20.5 Å². The van der Waals surface area contributed by atoms with Gasteiger partial charge in [-0.05, 0) is 51.3 Å². The van der Waals surface area contributed by atoms with E-state index in [2.05, 4.69) is 34.4 Å². The Kier molecular flexibility index (Phi) is 9.78. The van der Waals surface area contributed by atoms with Crippen LogP contribution in [0.4, 0.5) is 4.39 Å². The van der Waals surface area contributed by atoms with E-state index in [9.17, 15) is 4.39 Å². The first-order valence-electron chi connectivity index (χ1n) is 9.98. The molecule has 1 fully saturated rings. The third-order valence-electron chi connectivity index (χ3n) is 5.04. The number of aliphatic imine (C=N–C) groups is 1. The van der Waals surface area contributed by atoms with Gasteiger partial charge in [-0.2, -0.15) is 0 Å². The lowest BCUT2D eigenvalue weighted by molar-refractivity contribution is 0.198. The molecular weight excluding hydrogens is 500 g/mol. The molecule has 8 heteroatoms. The third-order valence-corrected chi connectivity index (χ3v) is 6.09. The molecular formula is C21H31FIN5S. The van der Waals surface area contributed by atoms with Crippen molar-refractivity contribution in [3.05, 3.63) is 51.2 Å². The Morgan fingerprint density at radius 1 is 1.24 bits per heavy atom. The molecule has 1 saturated heterocycles. The molecule has 0 amide bonds. The minimum atomic E-state index is -0.176. The molecule has 1 aromatic heterocycles. The van der Waals surface area contributed by atoms with Crippen molar-refractivity contribution in [2.75, 3.05) is 19.6 Å². The highest BCUT2D eigenvalue weighted by molar-refractivity contribution is 14.0. The Balaban J connectivity index is 0.00000300. The van der Waals surface area contributed by atoms with Gasteiger partial charge in [-0.25, -0.2) is 14.4 Å². The average Bonchev–Trinajstić information content (AvgIpc) is 3.01. The number of piperidine rings is 1. The molecule has 2 N–H and O–H groups in total. The van der Waals surface area contributed by atoms with Crippen molar-refractivity contribution >= 4 is 41.3 Å². The van der Waals surface area contributed by atoms with Crippen LogP contribution in [0.25, 0.3) is 0 Å². The average molecular weight is 531 g/mol. The topological polar surface area (TPSA) is 52.6 Å². The van der Waals surface area contributed by atoms with Crippen LogP contribution in [-0.4, -0.2) is 41.5 Å². The van der Waals surface area contributed by atoms with E-state index in [1.807, 2.05) is 19.1 Å². The van der Waals surface area contributed by atoms with Crippen LogP contribution in [-0.2, 0) is 13.1 Å². The minimum Gasteiger partial charge on any atom is -0.357 e. The molecule has 0 spiro atoms. The number of aromatic nitrogens is 1. The van der Waals surface area contributed by atoms with Gasteiger partial charge < -0.3 is 10.6 Å². The summed E-state index contributed by atoms with van der Waals surface area (Å²) in [5, 5.41) is 7.98. The lowest BCUT2D eigenvalue weighted by Crippen LogP contribution is -2.48. The van der Waals surface area contributed by atoms with Crippen LogP contribution in [0.5, 0.6) is 0 Å². The number of likely N-dealkylation sites (tertiary alicyclic amines) is 1. The van der Waals surface area contributed by atoms with Gasteiger partial charge in [0.05, 0.1) is 12.2 Å². The number of hydrogen-bond donors (Lipinski definition) is 2. The van der Waals surface area contributed by atoms with Gasteiger partial charge >= 0.3 is 0 Å². The predicted octanol–water partition coefficient (Wildman–Crippen LogP) is 4.24. The van der Waals surface area contributed by atoms with E-state index >= 15 is 0 Å². The summed E-state index contributed by atoms with van der Waals surface area (Å²) in [7, 11) is 0. The number of rotatable bonds is 6. The van der Waals surface area contributed by atoms with Gasteiger partial charge in [-0.15, -0.1) is 35.3 Å². The minimum absolute atomic E-state index is 0. The first kappa shape index (κ1) is 24.0. The number of halogens is 2. The van der Waals surface area contributed by atoms with E-state index < -0.39 is 0 Å². The molecule has 0 unspecified atom stereocenters. The van der Waals surface area contributed by atoms with Crippen LogP contribution < -0.4 is 10.6 Å². The predicted molar refractivity (Wildman–Crippen MR) is 130 cm³/mol. The van der Waals surface area contributed by atoms with Crippen LogP contribution in [0, 0.1) is 19.7 Å². The molecule has 0 atom stereocenters. The SMILES string of the molecule is CCNC(=NCc1nc(C)c(C)s1)NC1CCN(Cc2ccc(F)cc2)CC1.I. The van der Waals surface area contributed by atoms with Crippen LogP contribution >= 0.6 is 35.3 Å². The summed E-state index contributed by atoms with van der Waals surface area (Å²) in [6.07, 6.45) is 2.14. The van der Waals surface area contributed by atoms with Crippen LogP contribution in [0.1, 0.15) is 40.9 Å². The summed E-state index contributed by atoms with van der Waals surface area (Å²) in [6.45, 7) is 10.6. The highest BCUT2D eigenvalue weighted by Gasteiger charge is 2.20. The third kappa shape index (κ3) is 7.49. The van der Waals surface area contributed by atoms with Crippen molar-refractivity contribution in [1.29, 1.82) is 0 Å². The van der Waals surface area contributed by atoms with Gasteiger partial charge in [0, 0.05) is 37.1 Å². The molecule has 160 valence electrons. The first-order chi connectivity index (χ1) is 13.5. The van der Waals surface area contributed by atoms with Gasteiger partial charge in [0.1, 0.15) is 10.8 Å². The molecule has 3 rings (SSSR count). The summed E-state index contributed by atoms with van der Waals surface area (Å²) < 4.78 is 13.1. The molecule has 29 heavy (non-hydrogen) atoms. The number of thiazole rings is 1. The van der Waals surface area contributed by atoms with Gasteiger partial charge in [-0.3, -0.25) is 4.90 Å². The van der Waals surface area contributed by atoms with Gasteiger partial charge in [-0.1, -0.05) is 12.1 Å². The number of guanidine groups is 1. The number of aryl methyl sites for hydroxylation is 2. The highest BCUT2D eigenvalue weighted by Crippen LogP contribution is 2.17. The van der Waals surface area contributed by atoms with Crippen molar-refractivity contribution in [2.24, 2.45) is 4.99 Å². The van der Waals surface area contributed by atoms with E-state index in [4.69, 9.17) is 4.99 Å². The van der Waals surface area contributed by atoms with Crippen molar-refractivity contribution < 1.29 is 4.39 Å². The van der Waals surface area contributed by atoms with Crippen LogP contribution in [0.2, 0.25) is 0 Å². The zero-order chi connectivity index (χ0) is 19.9. The van der Waals surface area contributed by atoms with Gasteiger partial charge in [0.2, 0.25) is 0 Å². The number of nitrogens with one attached hydrogen (secondary N) is 2. The zero-order valence-corrected chi connectivity index (χ0v) is 20.5. The fraction of sp³-hybridized carbons (Fsp3) is 0.524. The van der Waals surface area contributed by atoms with Crippen LogP contribution in [0.15, 0.2) is 29.3 Å². The maximum atomic E-state index is 13.1. The molecule has 1 aliphatic heterocycles. The van der Waals surface area contributed by atoms with Gasteiger partial charge in [0.25, 0.3) is 0 Å². The second-order valence-electron chi connectivity index (χ2n) is 7.27. The number of benzene rings is 1.